The van der Waals surface area contributed by atoms with Gasteiger partial charge in [-0.25, -0.2) is 0 Å². The summed E-state index contributed by atoms with van der Waals surface area (Å²) in [6.07, 6.45) is 7.31. The third kappa shape index (κ3) is 2.69. The standard InChI is InChI=1S/C18H20N2O2/c1-2-3-7-13-8-6-11-20(13)18(22)15-12-17(21)19-16-10-5-4-9-14(15)16/h4-6,8-10,12-13H,2-3,7,11H2,1H3,(H,19,21). The summed E-state index contributed by atoms with van der Waals surface area (Å²) in [6, 6.07) is 9.00. The predicted octanol–water partition coefficient (Wildman–Crippen LogP) is 3.10. The van der Waals surface area contributed by atoms with E-state index >= 15 is 0 Å². The second-order valence-corrected chi connectivity index (χ2v) is 5.69. The van der Waals surface area contributed by atoms with E-state index in [-0.39, 0.29) is 17.5 Å². The van der Waals surface area contributed by atoms with Crippen LogP contribution in [0.2, 0.25) is 0 Å². The number of nitrogens with one attached hydrogen (secondary N) is 1. The fraction of sp³-hybridized carbons (Fsp3) is 0.333. The average molecular weight is 296 g/mol. The van der Waals surface area contributed by atoms with Crippen LogP contribution < -0.4 is 5.56 Å². The number of amides is 1. The summed E-state index contributed by atoms with van der Waals surface area (Å²) in [4.78, 5) is 29.4. The van der Waals surface area contributed by atoms with Crippen molar-refractivity contribution in [2.24, 2.45) is 0 Å². The Labute approximate surface area is 129 Å². The zero-order valence-corrected chi connectivity index (χ0v) is 12.7. The van der Waals surface area contributed by atoms with E-state index in [0.717, 1.165) is 24.6 Å². The van der Waals surface area contributed by atoms with Crippen molar-refractivity contribution >= 4 is 16.8 Å². The molecule has 1 aromatic carbocycles. The van der Waals surface area contributed by atoms with Crippen LogP contribution in [0.25, 0.3) is 10.9 Å². The molecule has 1 aliphatic heterocycles. The molecule has 2 heterocycles. The van der Waals surface area contributed by atoms with Crippen LogP contribution in [0.15, 0.2) is 47.3 Å². The van der Waals surface area contributed by atoms with Gasteiger partial charge in [0.25, 0.3) is 5.91 Å². The number of nitrogens with zero attached hydrogens (tertiary/aromatic N) is 1. The van der Waals surface area contributed by atoms with Crippen molar-refractivity contribution in [1.29, 1.82) is 0 Å². The molecule has 0 bridgehead atoms. The molecule has 1 unspecified atom stereocenters. The Kier molecular flexibility index (Phi) is 4.09. The number of benzene rings is 1. The van der Waals surface area contributed by atoms with Crippen molar-refractivity contribution in [1.82, 2.24) is 9.88 Å². The molecule has 0 radical (unpaired) electrons. The molecule has 1 aliphatic rings. The summed E-state index contributed by atoms with van der Waals surface area (Å²) in [7, 11) is 0. The molecule has 1 N–H and O–H groups in total. The summed E-state index contributed by atoms with van der Waals surface area (Å²) >= 11 is 0. The maximum atomic E-state index is 12.9. The lowest BCUT2D eigenvalue weighted by atomic mass is 10.1. The maximum absolute atomic E-state index is 12.9. The van der Waals surface area contributed by atoms with E-state index in [1.54, 1.807) is 0 Å². The lowest BCUT2D eigenvalue weighted by molar-refractivity contribution is 0.0745. The lowest BCUT2D eigenvalue weighted by Gasteiger charge is -2.25. The first-order valence-electron chi connectivity index (χ1n) is 7.80. The fourth-order valence-corrected chi connectivity index (χ4v) is 3.01. The van der Waals surface area contributed by atoms with E-state index in [1.165, 1.54) is 6.07 Å². The molecule has 3 rings (SSSR count). The van der Waals surface area contributed by atoms with Gasteiger partial charge in [-0.3, -0.25) is 9.59 Å². The molecular weight excluding hydrogens is 276 g/mol. The number of unbranched alkanes of at least 4 members (excludes halogenated alkanes) is 1. The van der Waals surface area contributed by atoms with E-state index in [1.807, 2.05) is 35.2 Å². The van der Waals surface area contributed by atoms with Crippen LogP contribution in [0.3, 0.4) is 0 Å². The van der Waals surface area contributed by atoms with Crippen molar-refractivity contribution in [3.8, 4) is 0 Å². The van der Waals surface area contributed by atoms with Gasteiger partial charge in [0.2, 0.25) is 5.56 Å². The Bertz CT molecular complexity index is 776. The van der Waals surface area contributed by atoms with E-state index in [2.05, 4.69) is 18.0 Å². The molecule has 4 heteroatoms. The molecule has 0 spiro atoms. The molecule has 1 atom stereocenters. The van der Waals surface area contributed by atoms with Gasteiger partial charge in [-0.1, -0.05) is 50.1 Å². The zero-order valence-electron chi connectivity index (χ0n) is 12.7. The summed E-state index contributed by atoms with van der Waals surface area (Å²) < 4.78 is 0. The van der Waals surface area contributed by atoms with Crippen LogP contribution in [0.4, 0.5) is 0 Å². The normalized spacial score (nSPS) is 17.3. The monoisotopic (exact) mass is 296 g/mol. The Hall–Kier alpha value is -2.36. The molecule has 22 heavy (non-hydrogen) atoms. The van der Waals surface area contributed by atoms with Crippen LogP contribution >= 0.6 is 0 Å². The van der Waals surface area contributed by atoms with Crippen molar-refractivity contribution in [3.63, 3.8) is 0 Å². The molecule has 4 nitrogen and oxygen atoms in total. The van der Waals surface area contributed by atoms with Gasteiger partial charge in [0.05, 0.1) is 11.6 Å². The molecule has 0 fully saturated rings. The number of fused-ring (bicyclic) bond motifs is 1. The van der Waals surface area contributed by atoms with Gasteiger partial charge in [0.1, 0.15) is 0 Å². The highest BCUT2D eigenvalue weighted by Gasteiger charge is 2.26. The van der Waals surface area contributed by atoms with Gasteiger partial charge in [-0.2, -0.15) is 0 Å². The predicted molar refractivity (Wildman–Crippen MR) is 88.1 cm³/mol. The SMILES string of the molecule is CCCCC1C=CCN1C(=O)c1cc(=O)[nH]c2ccccc12. The first-order valence-corrected chi connectivity index (χ1v) is 7.80. The summed E-state index contributed by atoms with van der Waals surface area (Å²) in [5, 5.41) is 0.799. The number of carbonyl (C=O) groups is 1. The van der Waals surface area contributed by atoms with Crippen molar-refractivity contribution < 1.29 is 4.79 Å². The van der Waals surface area contributed by atoms with Crippen molar-refractivity contribution in [3.05, 3.63) is 58.4 Å². The first kappa shape index (κ1) is 14.6. The molecule has 1 aromatic heterocycles. The third-order valence-electron chi connectivity index (χ3n) is 4.16. The molecule has 2 aromatic rings. The highest BCUT2D eigenvalue weighted by molar-refractivity contribution is 6.06. The van der Waals surface area contributed by atoms with Crippen LogP contribution in [-0.2, 0) is 0 Å². The Morgan fingerprint density at radius 3 is 3.00 bits per heavy atom. The minimum Gasteiger partial charge on any atom is -0.328 e. The number of rotatable bonds is 4. The summed E-state index contributed by atoms with van der Waals surface area (Å²) in [5.41, 5.74) is 0.958. The Balaban J connectivity index is 1.97. The van der Waals surface area contributed by atoms with E-state index in [0.29, 0.717) is 17.6 Å². The fourth-order valence-electron chi connectivity index (χ4n) is 3.01. The number of pyridine rings is 1. The second kappa shape index (κ2) is 6.18. The maximum Gasteiger partial charge on any atom is 0.255 e. The number of aromatic nitrogens is 1. The minimum atomic E-state index is -0.237. The number of para-hydroxylation sites is 1. The number of hydrogen-bond donors (Lipinski definition) is 1. The van der Waals surface area contributed by atoms with Gasteiger partial charge in [-0.05, 0) is 12.5 Å². The minimum absolute atomic E-state index is 0.0617. The Morgan fingerprint density at radius 2 is 2.18 bits per heavy atom. The summed E-state index contributed by atoms with van der Waals surface area (Å²) in [5.74, 6) is -0.0617. The van der Waals surface area contributed by atoms with Crippen LogP contribution in [-0.4, -0.2) is 28.4 Å². The molecule has 0 aliphatic carbocycles. The topological polar surface area (TPSA) is 53.2 Å². The smallest absolute Gasteiger partial charge is 0.255 e. The molecule has 0 saturated heterocycles. The van der Waals surface area contributed by atoms with Crippen LogP contribution in [0, 0.1) is 0 Å². The van der Waals surface area contributed by atoms with Crippen molar-refractivity contribution in [2.45, 2.75) is 32.2 Å². The number of aromatic amines is 1. The zero-order chi connectivity index (χ0) is 15.5. The van der Waals surface area contributed by atoms with Gasteiger partial charge in [0, 0.05) is 23.5 Å². The molecule has 114 valence electrons. The third-order valence-corrected chi connectivity index (χ3v) is 4.16. The van der Waals surface area contributed by atoms with Gasteiger partial charge in [0.15, 0.2) is 0 Å². The van der Waals surface area contributed by atoms with Crippen molar-refractivity contribution in [2.75, 3.05) is 6.54 Å². The van der Waals surface area contributed by atoms with Crippen LogP contribution in [0.5, 0.6) is 0 Å². The number of hydrogen-bond acceptors (Lipinski definition) is 2. The Morgan fingerprint density at radius 1 is 1.36 bits per heavy atom. The lowest BCUT2D eigenvalue weighted by Crippen LogP contribution is -2.36. The van der Waals surface area contributed by atoms with E-state index in [4.69, 9.17) is 0 Å². The number of carbonyl (C=O) groups excluding carboxylic acids is 1. The first-order chi connectivity index (χ1) is 10.7. The molecular formula is C18H20N2O2. The quantitative estimate of drug-likeness (QED) is 0.881. The van der Waals surface area contributed by atoms with Gasteiger partial charge in [-0.15, -0.1) is 0 Å². The summed E-state index contributed by atoms with van der Waals surface area (Å²) in [6.45, 7) is 2.77. The number of H-pyrrole nitrogens is 1. The highest BCUT2D eigenvalue weighted by atomic mass is 16.2. The van der Waals surface area contributed by atoms with Gasteiger partial charge < -0.3 is 9.88 Å². The van der Waals surface area contributed by atoms with Crippen LogP contribution in [0.1, 0.15) is 36.5 Å². The van der Waals surface area contributed by atoms with Gasteiger partial charge >= 0.3 is 0 Å². The molecule has 0 saturated carbocycles. The second-order valence-electron chi connectivity index (χ2n) is 5.69. The molecule has 1 amide bonds. The largest absolute Gasteiger partial charge is 0.328 e. The van der Waals surface area contributed by atoms with E-state index < -0.39 is 0 Å². The highest BCUT2D eigenvalue weighted by Crippen LogP contribution is 2.22. The van der Waals surface area contributed by atoms with E-state index in [9.17, 15) is 9.59 Å². The average Bonchev–Trinajstić information content (AvgIpc) is 2.99.